The topological polar surface area (TPSA) is 140 Å². The Hall–Kier alpha value is -4.19. The van der Waals surface area contributed by atoms with Crippen molar-refractivity contribution in [1.82, 2.24) is 20.2 Å². The quantitative estimate of drug-likeness (QED) is 0.297. The molecular formula is C37H49N5O6S. The lowest BCUT2D eigenvalue weighted by molar-refractivity contribution is 0.0279. The summed E-state index contributed by atoms with van der Waals surface area (Å²) < 4.78 is 41.8. The molecule has 264 valence electrons. The summed E-state index contributed by atoms with van der Waals surface area (Å²) in [4.78, 5) is 38.0. The summed E-state index contributed by atoms with van der Waals surface area (Å²) in [6.45, 7) is 15.9. The van der Waals surface area contributed by atoms with E-state index >= 15 is 0 Å². The molecule has 4 bridgehead atoms. The largest absolute Gasteiger partial charge is 0.475 e. The van der Waals surface area contributed by atoms with E-state index in [1.54, 1.807) is 18.2 Å². The number of nitrogens with zero attached hydrogens (tertiary/aromatic N) is 3. The predicted octanol–water partition coefficient (Wildman–Crippen LogP) is 7.04. The van der Waals surface area contributed by atoms with Gasteiger partial charge in [0.05, 0.1) is 16.6 Å². The standard InChI is InChI=1S/C37H49N5O6S/c1-23-11-9-12-24(2)32(23)30-20-31-40-34(39-30)41-49(45,46)29-14-10-13-25(19-29)33(43)42(28(22-47-31)21-36(3,4)5)27-17-15-26(16-18-27)38-35(44)48-37(6,7)8/h9-14,19-20,26-28H,15-18,21-22H2,1-8H3,(H,38,44)(H,39,40,41)/t26?,27?,28-/m1/s1. The number of rotatable bonds is 4. The zero-order valence-corrected chi connectivity index (χ0v) is 30.6. The van der Waals surface area contributed by atoms with Crippen LogP contribution in [0.25, 0.3) is 11.3 Å². The maximum absolute atomic E-state index is 14.6. The van der Waals surface area contributed by atoms with E-state index in [0.29, 0.717) is 37.8 Å². The molecule has 2 aliphatic rings. The molecule has 1 aromatic heterocycles. The second-order valence-electron chi connectivity index (χ2n) is 15.4. The number of carbonyl (C=O) groups excluding carboxylic acids is 2. The average molecular weight is 692 g/mol. The third kappa shape index (κ3) is 9.09. The van der Waals surface area contributed by atoms with Gasteiger partial charge in [-0.05, 0) is 101 Å². The van der Waals surface area contributed by atoms with Crippen LogP contribution in [-0.2, 0) is 14.8 Å². The fourth-order valence-electron chi connectivity index (χ4n) is 6.74. The van der Waals surface area contributed by atoms with Crippen LogP contribution in [0.4, 0.5) is 10.7 Å². The Balaban J connectivity index is 1.55. The van der Waals surface area contributed by atoms with E-state index in [1.165, 1.54) is 12.1 Å². The van der Waals surface area contributed by atoms with Crippen molar-refractivity contribution >= 4 is 28.0 Å². The first-order chi connectivity index (χ1) is 22.9. The number of carbonyl (C=O) groups is 2. The molecule has 1 aliphatic carbocycles. The SMILES string of the molecule is Cc1cccc(C)c1-c1cc2nc(n1)NS(=O)(=O)c1cccc(c1)C(=O)N(C1CCC(NC(=O)OC(C)(C)C)CC1)[C@H](CC(C)(C)C)CO2. The van der Waals surface area contributed by atoms with Crippen molar-refractivity contribution in [2.75, 3.05) is 11.3 Å². The van der Waals surface area contributed by atoms with E-state index in [2.05, 4.69) is 40.8 Å². The summed E-state index contributed by atoms with van der Waals surface area (Å²) >= 11 is 0. The summed E-state index contributed by atoms with van der Waals surface area (Å²) in [7, 11) is -4.17. The van der Waals surface area contributed by atoms with Crippen LogP contribution < -0.4 is 14.8 Å². The Morgan fingerprint density at radius 1 is 0.980 bits per heavy atom. The van der Waals surface area contributed by atoms with Gasteiger partial charge in [0.25, 0.3) is 15.9 Å². The van der Waals surface area contributed by atoms with Gasteiger partial charge >= 0.3 is 6.09 Å². The highest BCUT2D eigenvalue weighted by Gasteiger charge is 2.38. The van der Waals surface area contributed by atoms with E-state index in [-0.39, 0.29) is 58.3 Å². The molecule has 0 radical (unpaired) electrons. The maximum Gasteiger partial charge on any atom is 0.407 e. The number of fused-ring (bicyclic) bond motifs is 4. The molecule has 1 aliphatic heterocycles. The minimum atomic E-state index is -4.17. The van der Waals surface area contributed by atoms with Gasteiger partial charge in [-0.1, -0.05) is 45.0 Å². The molecule has 1 saturated carbocycles. The molecule has 1 atom stereocenters. The molecule has 5 rings (SSSR count). The number of ether oxygens (including phenoxy) is 2. The van der Waals surface area contributed by atoms with E-state index in [1.807, 2.05) is 57.7 Å². The van der Waals surface area contributed by atoms with Gasteiger partial charge in [-0.2, -0.15) is 4.98 Å². The number of hydrogen-bond acceptors (Lipinski definition) is 8. The molecule has 0 spiro atoms. The number of aromatic nitrogens is 2. The van der Waals surface area contributed by atoms with Crippen molar-refractivity contribution < 1.29 is 27.5 Å². The third-order valence-corrected chi connectivity index (χ3v) is 10.1. The maximum atomic E-state index is 14.6. The zero-order valence-electron chi connectivity index (χ0n) is 29.8. The van der Waals surface area contributed by atoms with Crippen LogP contribution in [0, 0.1) is 19.3 Å². The number of alkyl carbamates (subject to hydrolysis) is 1. The Bertz CT molecular complexity index is 1790. The predicted molar refractivity (Wildman–Crippen MR) is 189 cm³/mol. The monoisotopic (exact) mass is 691 g/mol. The highest BCUT2D eigenvalue weighted by atomic mass is 32.2. The van der Waals surface area contributed by atoms with E-state index < -0.39 is 21.7 Å². The van der Waals surface area contributed by atoms with Crippen LogP contribution in [0.1, 0.15) is 95.1 Å². The minimum absolute atomic E-state index is 0.0706. The zero-order chi connectivity index (χ0) is 35.7. The van der Waals surface area contributed by atoms with Crippen LogP contribution in [0.2, 0.25) is 0 Å². The van der Waals surface area contributed by atoms with Crippen molar-refractivity contribution in [2.45, 2.75) is 116 Å². The number of amides is 2. The lowest BCUT2D eigenvalue weighted by atomic mass is 9.84. The lowest BCUT2D eigenvalue weighted by Gasteiger charge is -2.43. The average Bonchev–Trinajstić information content (AvgIpc) is 2.98. The van der Waals surface area contributed by atoms with Crippen molar-refractivity contribution in [3.63, 3.8) is 0 Å². The Labute approximate surface area is 290 Å². The molecule has 2 aromatic carbocycles. The second kappa shape index (κ2) is 14.0. The summed E-state index contributed by atoms with van der Waals surface area (Å²) in [6, 6.07) is 13.1. The Kier molecular flexibility index (Phi) is 10.3. The van der Waals surface area contributed by atoms with Crippen LogP contribution >= 0.6 is 0 Å². The van der Waals surface area contributed by atoms with Gasteiger partial charge in [0.1, 0.15) is 12.2 Å². The van der Waals surface area contributed by atoms with Crippen molar-refractivity contribution in [2.24, 2.45) is 5.41 Å². The third-order valence-electron chi connectivity index (χ3n) is 8.77. The number of aryl methyl sites for hydroxylation is 2. The summed E-state index contributed by atoms with van der Waals surface area (Å²) in [5.41, 5.74) is 2.82. The number of anilines is 1. The highest BCUT2D eigenvalue weighted by Crippen LogP contribution is 2.34. The van der Waals surface area contributed by atoms with Crippen LogP contribution in [0.5, 0.6) is 5.88 Å². The molecule has 2 heterocycles. The summed E-state index contributed by atoms with van der Waals surface area (Å²) in [5, 5.41) is 2.99. The molecule has 2 amide bonds. The normalized spacial score (nSPS) is 21.3. The Morgan fingerprint density at radius 2 is 1.63 bits per heavy atom. The van der Waals surface area contributed by atoms with E-state index in [0.717, 1.165) is 16.7 Å². The smallest absolute Gasteiger partial charge is 0.407 e. The van der Waals surface area contributed by atoms with Crippen molar-refractivity contribution in [3.8, 4) is 17.1 Å². The molecule has 11 nitrogen and oxygen atoms in total. The molecule has 1 fully saturated rings. The van der Waals surface area contributed by atoms with Crippen molar-refractivity contribution in [1.29, 1.82) is 0 Å². The molecule has 0 unspecified atom stereocenters. The van der Waals surface area contributed by atoms with Crippen molar-refractivity contribution in [3.05, 3.63) is 65.2 Å². The molecule has 3 aromatic rings. The van der Waals surface area contributed by atoms with Crippen LogP contribution in [-0.4, -0.2) is 65.6 Å². The molecule has 2 N–H and O–H groups in total. The number of benzene rings is 2. The van der Waals surface area contributed by atoms with Crippen LogP contribution in [0.3, 0.4) is 0 Å². The number of sulfonamides is 1. The van der Waals surface area contributed by atoms with Gasteiger partial charge in [-0.15, -0.1) is 0 Å². The van der Waals surface area contributed by atoms with Gasteiger partial charge in [-0.25, -0.2) is 22.9 Å². The van der Waals surface area contributed by atoms with Gasteiger partial charge in [0, 0.05) is 29.3 Å². The first kappa shape index (κ1) is 36.1. The minimum Gasteiger partial charge on any atom is -0.475 e. The number of hydrogen-bond donors (Lipinski definition) is 2. The van der Waals surface area contributed by atoms with Gasteiger partial charge in [0.15, 0.2) is 0 Å². The first-order valence-corrected chi connectivity index (χ1v) is 18.4. The second-order valence-corrected chi connectivity index (χ2v) is 17.1. The molecular weight excluding hydrogens is 643 g/mol. The number of nitrogens with one attached hydrogen (secondary N) is 2. The molecule has 0 saturated heterocycles. The van der Waals surface area contributed by atoms with E-state index in [4.69, 9.17) is 9.47 Å². The summed E-state index contributed by atoms with van der Waals surface area (Å²) in [5.74, 6) is -0.189. The molecule has 12 heteroatoms. The summed E-state index contributed by atoms with van der Waals surface area (Å²) in [6.07, 6.45) is 2.76. The van der Waals surface area contributed by atoms with Crippen LogP contribution in [0.15, 0.2) is 53.4 Å². The lowest BCUT2D eigenvalue weighted by Crippen LogP contribution is -2.53. The fourth-order valence-corrected chi connectivity index (χ4v) is 7.73. The first-order valence-electron chi connectivity index (χ1n) is 16.9. The van der Waals surface area contributed by atoms with Gasteiger partial charge in [0.2, 0.25) is 11.8 Å². The molecule has 49 heavy (non-hydrogen) atoms. The van der Waals surface area contributed by atoms with Gasteiger partial charge in [-0.3, -0.25) is 4.79 Å². The Morgan fingerprint density at radius 3 is 2.27 bits per heavy atom. The fraction of sp³-hybridized carbons (Fsp3) is 0.514. The van der Waals surface area contributed by atoms with Gasteiger partial charge < -0.3 is 19.7 Å². The van der Waals surface area contributed by atoms with E-state index in [9.17, 15) is 18.0 Å². The highest BCUT2D eigenvalue weighted by molar-refractivity contribution is 7.92.